The Morgan fingerprint density at radius 1 is 1.13 bits per heavy atom. The molecule has 2 aromatic carbocycles. The van der Waals surface area contributed by atoms with Crippen LogP contribution in [0.3, 0.4) is 0 Å². The van der Waals surface area contributed by atoms with Crippen LogP contribution < -0.4 is 0 Å². The number of imidazole rings is 1. The van der Waals surface area contributed by atoms with Crippen molar-refractivity contribution in [3.05, 3.63) is 78.0 Å². The van der Waals surface area contributed by atoms with E-state index in [-0.39, 0.29) is 29.9 Å². The van der Waals surface area contributed by atoms with Crippen molar-refractivity contribution in [2.45, 2.75) is 50.4 Å². The molecule has 0 amide bonds. The predicted molar refractivity (Wildman–Crippen MR) is 114 cm³/mol. The third-order valence-electron chi connectivity index (χ3n) is 6.67. The molecule has 31 heavy (non-hydrogen) atoms. The number of aliphatic hydroxyl groups excluding tert-OH is 1. The largest absolute Gasteiger partial charge is 0.459 e. The van der Waals surface area contributed by atoms with Gasteiger partial charge in [-0.05, 0) is 56.2 Å². The van der Waals surface area contributed by atoms with E-state index in [1.165, 1.54) is 6.07 Å². The molecule has 1 aliphatic heterocycles. The van der Waals surface area contributed by atoms with Crippen molar-refractivity contribution in [2.24, 2.45) is 5.92 Å². The lowest BCUT2D eigenvalue weighted by Gasteiger charge is -2.32. The highest BCUT2D eigenvalue weighted by atomic mass is 19.1. The minimum atomic E-state index is -0.559. The summed E-state index contributed by atoms with van der Waals surface area (Å²) in [5.74, 6) is -0.431. The van der Waals surface area contributed by atoms with E-state index in [0.717, 1.165) is 36.9 Å². The van der Waals surface area contributed by atoms with Gasteiger partial charge in [0.05, 0.1) is 35.9 Å². The molecule has 3 aromatic rings. The topological polar surface area (TPSA) is 64.3 Å². The van der Waals surface area contributed by atoms with Gasteiger partial charge in [0.1, 0.15) is 11.9 Å². The lowest BCUT2D eigenvalue weighted by atomic mass is 9.81. The predicted octanol–water partition coefficient (Wildman–Crippen LogP) is 4.76. The van der Waals surface area contributed by atoms with Gasteiger partial charge in [0.2, 0.25) is 0 Å². The van der Waals surface area contributed by atoms with Crippen LogP contribution in [0.2, 0.25) is 0 Å². The van der Waals surface area contributed by atoms with Crippen LogP contribution >= 0.6 is 0 Å². The Balaban J connectivity index is 1.21. The van der Waals surface area contributed by atoms with Gasteiger partial charge in [-0.2, -0.15) is 0 Å². The third kappa shape index (κ3) is 3.76. The van der Waals surface area contributed by atoms with Gasteiger partial charge < -0.3 is 14.4 Å². The Hall–Kier alpha value is -2.99. The van der Waals surface area contributed by atoms with Gasteiger partial charge in [0, 0.05) is 11.1 Å². The minimum absolute atomic E-state index is 0.106. The molecular formula is C25H25FN2O3. The lowest BCUT2D eigenvalue weighted by molar-refractivity contribution is 0.000754. The molecule has 6 heteroatoms. The first-order valence-electron chi connectivity index (χ1n) is 10.9. The highest BCUT2D eigenvalue weighted by molar-refractivity contribution is 5.89. The standard InChI is InChI=1S/C25H25FN2O3/c26-20-8-4-7-19-22-14-27-15-28(22)21(24(19)20)13-23(29)16-9-11-18(12-10-16)31-25(30)17-5-2-1-3-6-17/h1-8,14-16,18,21,23,29H,9-13H2/t16-,18+,21-,23?/m0/s1. The number of esters is 1. The zero-order valence-corrected chi connectivity index (χ0v) is 17.2. The maximum atomic E-state index is 14.6. The number of aliphatic hydroxyl groups is 1. The normalized spacial score (nSPS) is 23.1. The second-order valence-electron chi connectivity index (χ2n) is 8.51. The van der Waals surface area contributed by atoms with E-state index in [9.17, 15) is 14.3 Å². The fourth-order valence-electron chi connectivity index (χ4n) is 5.04. The van der Waals surface area contributed by atoms with E-state index >= 15 is 0 Å². The van der Waals surface area contributed by atoms with Crippen LogP contribution in [-0.2, 0) is 4.74 Å². The summed E-state index contributed by atoms with van der Waals surface area (Å²) in [4.78, 5) is 16.5. The number of rotatable bonds is 5. The van der Waals surface area contributed by atoms with Gasteiger partial charge in [0.25, 0.3) is 0 Å². The van der Waals surface area contributed by atoms with Gasteiger partial charge in [0.15, 0.2) is 0 Å². The molecule has 1 unspecified atom stereocenters. The number of ether oxygens (including phenoxy) is 1. The van der Waals surface area contributed by atoms with Crippen molar-refractivity contribution < 1.29 is 19.0 Å². The minimum Gasteiger partial charge on any atom is -0.459 e. The summed E-state index contributed by atoms with van der Waals surface area (Å²) in [6.45, 7) is 0. The quantitative estimate of drug-likeness (QED) is 0.605. The number of benzene rings is 2. The fraction of sp³-hybridized carbons (Fsp3) is 0.360. The molecule has 5 nitrogen and oxygen atoms in total. The van der Waals surface area contributed by atoms with E-state index in [1.54, 1.807) is 30.7 Å². The Morgan fingerprint density at radius 2 is 1.90 bits per heavy atom. The molecule has 2 heterocycles. The van der Waals surface area contributed by atoms with Crippen molar-refractivity contribution in [3.8, 4) is 11.3 Å². The Bertz CT molecular complexity index is 1070. The summed E-state index contributed by atoms with van der Waals surface area (Å²) >= 11 is 0. The highest BCUT2D eigenvalue weighted by Crippen LogP contribution is 2.44. The summed E-state index contributed by atoms with van der Waals surface area (Å²) in [7, 11) is 0. The maximum absolute atomic E-state index is 14.6. The van der Waals surface area contributed by atoms with Crippen molar-refractivity contribution in [1.82, 2.24) is 9.55 Å². The van der Waals surface area contributed by atoms with Crippen molar-refractivity contribution in [1.29, 1.82) is 0 Å². The second-order valence-corrected chi connectivity index (χ2v) is 8.51. The van der Waals surface area contributed by atoms with Crippen molar-refractivity contribution in [2.75, 3.05) is 0 Å². The highest BCUT2D eigenvalue weighted by Gasteiger charge is 2.36. The molecule has 0 radical (unpaired) electrons. The zero-order chi connectivity index (χ0) is 21.4. The molecule has 1 fully saturated rings. The average Bonchev–Trinajstić information content (AvgIpc) is 3.38. The van der Waals surface area contributed by atoms with E-state index < -0.39 is 6.10 Å². The maximum Gasteiger partial charge on any atom is 0.338 e. The molecule has 160 valence electrons. The SMILES string of the molecule is O=C(O[C@H]1CC[C@@H](C(O)C[C@H]2c3c(F)cccc3-c3cncn32)CC1)c1ccccc1. The summed E-state index contributed by atoms with van der Waals surface area (Å²) in [6.07, 6.45) is 6.23. The number of carbonyl (C=O) groups is 1. The molecule has 0 saturated heterocycles. The summed E-state index contributed by atoms with van der Waals surface area (Å²) in [5.41, 5.74) is 2.95. The number of carbonyl (C=O) groups excluding carboxylic acids is 1. The number of aromatic nitrogens is 2. The fourth-order valence-corrected chi connectivity index (χ4v) is 5.04. The van der Waals surface area contributed by atoms with Crippen LogP contribution in [-0.4, -0.2) is 32.8 Å². The number of hydrogen-bond donors (Lipinski definition) is 1. The second kappa shape index (κ2) is 8.27. The Labute approximate surface area is 180 Å². The van der Waals surface area contributed by atoms with E-state index in [2.05, 4.69) is 4.98 Å². The van der Waals surface area contributed by atoms with Crippen LogP contribution in [0.4, 0.5) is 4.39 Å². The van der Waals surface area contributed by atoms with Crippen LogP contribution in [0.1, 0.15) is 54.1 Å². The molecule has 1 N–H and O–H groups in total. The van der Waals surface area contributed by atoms with E-state index in [0.29, 0.717) is 17.5 Å². The molecule has 1 aliphatic carbocycles. The smallest absolute Gasteiger partial charge is 0.338 e. The molecular weight excluding hydrogens is 395 g/mol. The molecule has 1 aromatic heterocycles. The van der Waals surface area contributed by atoms with Crippen LogP contribution in [0, 0.1) is 11.7 Å². The molecule has 2 atom stereocenters. The van der Waals surface area contributed by atoms with Gasteiger partial charge in [-0.25, -0.2) is 14.2 Å². The number of halogens is 1. The average molecular weight is 420 g/mol. The molecule has 0 bridgehead atoms. The van der Waals surface area contributed by atoms with Crippen LogP contribution in [0.5, 0.6) is 0 Å². The first-order valence-corrected chi connectivity index (χ1v) is 10.9. The first kappa shape index (κ1) is 19.9. The van der Waals surface area contributed by atoms with Crippen molar-refractivity contribution >= 4 is 5.97 Å². The first-order chi connectivity index (χ1) is 15.1. The molecule has 2 aliphatic rings. The summed E-state index contributed by atoms with van der Waals surface area (Å²) in [5, 5.41) is 11.0. The Morgan fingerprint density at radius 3 is 2.68 bits per heavy atom. The molecule has 0 spiro atoms. The summed E-state index contributed by atoms with van der Waals surface area (Å²) in [6, 6.07) is 13.8. The summed E-state index contributed by atoms with van der Waals surface area (Å²) < 4.78 is 22.2. The molecule has 5 rings (SSSR count). The van der Waals surface area contributed by atoms with Crippen LogP contribution in [0.15, 0.2) is 61.1 Å². The lowest BCUT2D eigenvalue weighted by Crippen LogP contribution is -2.31. The van der Waals surface area contributed by atoms with Gasteiger partial charge >= 0.3 is 5.97 Å². The van der Waals surface area contributed by atoms with E-state index in [1.807, 2.05) is 28.8 Å². The zero-order valence-electron chi connectivity index (χ0n) is 17.2. The van der Waals surface area contributed by atoms with E-state index in [4.69, 9.17) is 4.74 Å². The monoisotopic (exact) mass is 420 g/mol. The van der Waals surface area contributed by atoms with Crippen LogP contribution in [0.25, 0.3) is 11.3 Å². The number of fused-ring (bicyclic) bond motifs is 3. The Kier molecular flexibility index (Phi) is 5.32. The van der Waals surface area contributed by atoms with Gasteiger partial charge in [-0.1, -0.05) is 30.3 Å². The van der Waals surface area contributed by atoms with Gasteiger partial charge in [-0.15, -0.1) is 0 Å². The number of hydrogen-bond acceptors (Lipinski definition) is 4. The third-order valence-corrected chi connectivity index (χ3v) is 6.67. The molecule has 1 saturated carbocycles. The van der Waals surface area contributed by atoms with Crippen molar-refractivity contribution in [3.63, 3.8) is 0 Å². The van der Waals surface area contributed by atoms with Gasteiger partial charge in [-0.3, -0.25) is 0 Å². The number of nitrogens with zero attached hydrogens (tertiary/aromatic N) is 2.